The maximum Gasteiger partial charge on any atom is 1.00 e. The van der Waals surface area contributed by atoms with Crippen LogP contribution in [0.3, 0.4) is 0 Å². The first-order valence-corrected chi connectivity index (χ1v) is 0.651. The maximum absolute atomic E-state index is 8.56. The summed E-state index contributed by atoms with van der Waals surface area (Å²) in [7, 11) is 0. The van der Waals surface area contributed by atoms with E-state index in [4.69, 9.17) is 15.0 Å². The van der Waals surface area contributed by atoms with Gasteiger partial charge in [0.2, 0.25) is 0 Å². The van der Waals surface area contributed by atoms with Gasteiger partial charge in [0.15, 0.2) is 0 Å². The Bertz CT molecular complexity index is 42.8. The Morgan fingerprint density at radius 3 is 1.29 bits per heavy atom. The standard InChI is InChI=1S/CH2O3.2K.H3P.2H/c2-1(3)4;;;;;/h(H2,2,3,4);;;1H3;;/q;2*+1;;2*-1. The molecule has 0 spiro atoms. The second-order valence-electron chi connectivity index (χ2n) is 0.283. The molecule has 0 radical (unpaired) electrons. The van der Waals surface area contributed by atoms with Gasteiger partial charge in [0, 0.05) is 0 Å². The van der Waals surface area contributed by atoms with Crippen molar-refractivity contribution in [3.8, 4) is 0 Å². The quantitative estimate of drug-likeness (QED) is 0.286. The third-order valence-corrected chi connectivity index (χ3v) is 0. The first-order chi connectivity index (χ1) is 1.73. The summed E-state index contributed by atoms with van der Waals surface area (Å²) in [6.07, 6.45) is -1.83. The molecule has 36 valence electrons. The van der Waals surface area contributed by atoms with Crippen molar-refractivity contribution in [3.63, 3.8) is 0 Å². The predicted molar refractivity (Wildman–Crippen MR) is 24.0 cm³/mol. The van der Waals surface area contributed by atoms with Crippen LogP contribution < -0.4 is 103 Å². The molecule has 0 aromatic rings. The third-order valence-electron chi connectivity index (χ3n) is 0. The van der Waals surface area contributed by atoms with Gasteiger partial charge in [-0.15, -0.1) is 0 Å². The van der Waals surface area contributed by atoms with Crippen LogP contribution in [0.25, 0.3) is 0 Å². The van der Waals surface area contributed by atoms with Crippen LogP contribution in [0.5, 0.6) is 0 Å². The van der Waals surface area contributed by atoms with Crippen LogP contribution in [-0.2, 0) is 0 Å². The van der Waals surface area contributed by atoms with Gasteiger partial charge in [-0.1, -0.05) is 0 Å². The number of carbonyl (C=O) groups is 1. The first-order valence-electron chi connectivity index (χ1n) is 0.651. The van der Waals surface area contributed by atoms with Crippen molar-refractivity contribution in [2.45, 2.75) is 0 Å². The number of hydrogen-bond donors (Lipinski definition) is 2. The normalized spacial score (nSPS) is 3.43. The largest absolute Gasteiger partial charge is 1.00 e. The second kappa shape index (κ2) is 16.0. The molecule has 1 atom stereocenters. The maximum atomic E-state index is 8.56. The summed E-state index contributed by atoms with van der Waals surface area (Å²) in [6, 6.07) is 0. The van der Waals surface area contributed by atoms with Crippen LogP contribution in [-0.4, -0.2) is 16.4 Å². The molecule has 0 bridgehead atoms. The molecule has 1 unspecified atom stereocenters. The van der Waals surface area contributed by atoms with Gasteiger partial charge in [0.25, 0.3) is 0 Å². The third kappa shape index (κ3) is 49.4. The summed E-state index contributed by atoms with van der Waals surface area (Å²) in [6.45, 7) is 0. The minimum atomic E-state index is -1.83. The van der Waals surface area contributed by atoms with Crippen LogP contribution in [0.4, 0.5) is 4.79 Å². The predicted octanol–water partition coefficient (Wildman–Crippen LogP) is -5.49. The summed E-state index contributed by atoms with van der Waals surface area (Å²) < 4.78 is 0. The smallest absolute Gasteiger partial charge is 1.00 e. The fourth-order valence-electron chi connectivity index (χ4n) is 0. The van der Waals surface area contributed by atoms with Gasteiger partial charge in [-0.25, -0.2) is 4.79 Å². The molecule has 0 aromatic heterocycles. The van der Waals surface area contributed by atoms with E-state index in [0.717, 1.165) is 0 Å². The van der Waals surface area contributed by atoms with Gasteiger partial charge < -0.3 is 13.1 Å². The molecular weight excluding hydrogens is 169 g/mol. The molecule has 0 aliphatic carbocycles. The van der Waals surface area contributed by atoms with Crippen LogP contribution in [0.2, 0.25) is 0 Å². The molecule has 0 aliphatic heterocycles. The van der Waals surface area contributed by atoms with E-state index in [9.17, 15) is 0 Å². The first kappa shape index (κ1) is 22.5. The Balaban J connectivity index is -0.00000000450. The molecule has 0 saturated heterocycles. The molecule has 7 heavy (non-hydrogen) atoms. The molecule has 0 fully saturated rings. The van der Waals surface area contributed by atoms with E-state index in [-0.39, 0.29) is 116 Å². The number of carboxylic acid groups (broad SMARTS) is 2. The summed E-state index contributed by atoms with van der Waals surface area (Å²) in [4.78, 5) is 8.56. The number of hydrogen-bond acceptors (Lipinski definition) is 1. The van der Waals surface area contributed by atoms with Crippen molar-refractivity contribution < 1.29 is 121 Å². The van der Waals surface area contributed by atoms with Crippen LogP contribution in [0.1, 0.15) is 2.85 Å². The van der Waals surface area contributed by atoms with E-state index in [1.165, 1.54) is 0 Å². The van der Waals surface area contributed by atoms with Crippen molar-refractivity contribution in [2.75, 3.05) is 0 Å². The average molecular weight is 176 g/mol. The fraction of sp³-hybridized carbons (Fsp3) is 0. The Kier molecular flexibility index (Phi) is 51.4. The van der Waals surface area contributed by atoms with Gasteiger partial charge in [0.1, 0.15) is 0 Å². The summed E-state index contributed by atoms with van der Waals surface area (Å²) in [5.74, 6) is 0. The Labute approximate surface area is 133 Å². The second-order valence-corrected chi connectivity index (χ2v) is 0.283. The van der Waals surface area contributed by atoms with Crippen molar-refractivity contribution >= 4 is 16.1 Å². The molecule has 6 heteroatoms. The van der Waals surface area contributed by atoms with Crippen molar-refractivity contribution in [1.29, 1.82) is 0 Å². The Morgan fingerprint density at radius 2 is 1.29 bits per heavy atom. The SMILES string of the molecule is O=C(O)O.P.[H-].[H-].[K+].[K+]. The van der Waals surface area contributed by atoms with Gasteiger partial charge in [-0.2, -0.15) is 9.90 Å². The van der Waals surface area contributed by atoms with Crippen LogP contribution in [0.15, 0.2) is 0 Å². The van der Waals surface area contributed by atoms with E-state index in [1.54, 1.807) is 0 Å². The molecule has 0 aromatic carbocycles. The van der Waals surface area contributed by atoms with Crippen molar-refractivity contribution in [3.05, 3.63) is 0 Å². The van der Waals surface area contributed by atoms with Gasteiger partial charge in [-0.3, -0.25) is 0 Å². The topological polar surface area (TPSA) is 57.5 Å². The minimum absolute atomic E-state index is 0. The summed E-state index contributed by atoms with van der Waals surface area (Å²) in [5.41, 5.74) is 0. The van der Waals surface area contributed by atoms with E-state index in [0.29, 0.717) is 0 Å². The van der Waals surface area contributed by atoms with E-state index < -0.39 is 6.16 Å². The zero-order valence-corrected chi connectivity index (χ0v) is 12.2. The molecule has 0 saturated carbocycles. The monoisotopic (exact) mass is 176 g/mol. The zero-order valence-electron chi connectivity index (χ0n) is 6.51. The van der Waals surface area contributed by atoms with E-state index in [2.05, 4.69) is 0 Å². The van der Waals surface area contributed by atoms with Gasteiger partial charge in [0.05, 0.1) is 0 Å². The summed E-state index contributed by atoms with van der Waals surface area (Å²) >= 11 is 0. The van der Waals surface area contributed by atoms with Crippen molar-refractivity contribution in [1.82, 2.24) is 0 Å². The van der Waals surface area contributed by atoms with E-state index in [1.807, 2.05) is 0 Å². The number of rotatable bonds is 0. The fourth-order valence-corrected chi connectivity index (χ4v) is 0. The Hall–Kier alpha value is 2.97. The molecule has 3 nitrogen and oxygen atoms in total. The molecule has 0 amide bonds. The molecule has 0 heterocycles. The molecule has 0 aliphatic rings. The van der Waals surface area contributed by atoms with Gasteiger partial charge >= 0.3 is 109 Å². The Morgan fingerprint density at radius 1 is 1.29 bits per heavy atom. The van der Waals surface area contributed by atoms with Gasteiger partial charge in [-0.05, 0) is 0 Å². The minimum Gasteiger partial charge on any atom is -1.00 e. The summed E-state index contributed by atoms with van der Waals surface area (Å²) in [5, 5.41) is 13.9. The van der Waals surface area contributed by atoms with E-state index >= 15 is 0 Å². The molecular formula is CH7K2O3P. The van der Waals surface area contributed by atoms with Crippen molar-refractivity contribution in [2.24, 2.45) is 0 Å². The average Bonchev–Trinajstić information content (AvgIpc) is 0.811. The van der Waals surface area contributed by atoms with Crippen LogP contribution >= 0.6 is 9.90 Å². The molecule has 0 rings (SSSR count). The van der Waals surface area contributed by atoms with Crippen LogP contribution in [0, 0.1) is 0 Å². The zero-order chi connectivity index (χ0) is 3.58. The molecule has 2 N–H and O–H groups in total.